The number of hydrogen-bond donors (Lipinski definition) is 8. The molecule has 3 amide bonds. The predicted molar refractivity (Wildman–Crippen MR) is 528 cm³/mol. The summed E-state index contributed by atoms with van der Waals surface area (Å²) < 4.78 is 77.3. The van der Waals surface area contributed by atoms with Crippen molar-refractivity contribution in [3.8, 4) is 91.2 Å². The van der Waals surface area contributed by atoms with E-state index >= 15 is 0 Å². The fraction of sp³-hybridized carbons (Fsp3) is 0.133. The smallest absolute Gasteiger partial charge is 0.291 e. The summed E-state index contributed by atoms with van der Waals surface area (Å²) in [7, 11) is -7.15. The van der Waals surface area contributed by atoms with Gasteiger partial charge in [-0.1, -0.05) is 255 Å². The van der Waals surface area contributed by atoms with Gasteiger partial charge in [0, 0.05) is 55.6 Å². The lowest BCUT2D eigenvalue weighted by Crippen LogP contribution is -2.31. The highest BCUT2D eigenvalue weighted by Crippen LogP contribution is 2.29. The Kier molecular flexibility index (Phi) is 36.3. The average Bonchev–Trinajstić information content (AvgIpc) is 0.840. The first-order valence-corrected chi connectivity index (χ1v) is 47.0. The van der Waals surface area contributed by atoms with E-state index in [9.17, 15) is 66.3 Å². The molecule has 32 heteroatoms. The van der Waals surface area contributed by atoms with E-state index in [0.29, 0.717) is 67.4 Å². The Morgan fingerprint density at radius 1 is 0.431 bits per heavy atom. The largest absolute Gasteiger partial charge is 0.503 e. The van der Waals surface area contributed by atoms with Crippen LogP contribution in [0.5, 0.6) is 28.7 Å². The summed E-state index contributed by atoms with van der Waals surface area (Å²) >= 11 is 14.9. The average molecular weight is 1930 g/mol. The number of carbonyl (C=O) groups is 3. The van der Waals surface area contributed by atoms with E-state index < -0.39 is 60.1 Å². The van der Waals surface area contributed by atoms with Crippen LogP contribution in [0.15, 0.2) is 336 Å². The van der Waals surface area contributed by atoms with E-state index in [1.54, 1.807) is 50.4 Å². The monoisotopic (exact) mass is 1930 g/mol. The summed E-state index contributed by atoms with van der Waals surface area (Å²) in [6.07, 6.45) is 8.68. The first-order chi connectivity index (χ1) is 65.7. The molecule has 6 aromatic heterocycles. The Labute approximate surface area is 805 Å². The number of rotatable bonds is 26. The van der Waals surface area contributed by atoms with Crippen LogP contribution in [0.4, 0.5) is 5.69 Å². The summed E-state index contributed by atoms with van der Waals surface area (Å²) in [5.74, 6) is 3.47. The lowest BCUT2D eigenvalue weighted by molar-refractivity contribution is 0.0907. The van der Waals surface area contributed by atoms with Crippen LogP contribution in [0.2, 0.25) is 0 Å². The van der Waals surface area contributed by atoms with Gasteiger partial charge < -0.3 is 63.6 Å². The minimum absolute atomic E-state index is 0.0135. The molecule has 0 aliphatic rings. The molecule has 137 heavy (non-hydrogen) atoms. The maximum absolute atomic E-state index is 12.2. The van der Waals surface area contributed by atoms with Crippen LogP contribution >= 0.6 is 36.7 Å². The van der Waals surface area contributed by atoms with Crippen molar-refractivity contribution in [2.45, 2.75) is 59.3 Å². The molecule has 0 unspecified atom stereocenters. The summed E-state index contributed by atoms with van der Waals surface area (Å²) in [4.78, 5) is 67.2. The Bertz CT molecular complexity index is 7460. The quantitative estimate of drug-likeness (QED) is 0.0142. The maximum atomic E-state index is 12.2. The van der Waals surface area contributed by atoms with Gasteiger partial charge in [-0.2, -0.15) is 13.9 Å². The highest BCUT2D eigenvalue weighted by molar-refractivity contribution is 7.88. The van der Waals surface area contributed by atoms with Crippen molar-refractivity contribution in [3.05, 3.63) is 434 Å². The van der Waals surface area contributed by atoms with Crippen LogP contribution in [0.3, 0.4) is 0 Å². The van der Waals surface area contributed by atoms with E-state index in [-0.39, 0.29) is 85.8 Å². The SMILES string of the molecule is CS(=O)(=O)N(CCc1ccc(-c2ccc(C#N)cc2)cc1)Cc1cc(=O)c(O)co1.Cc1cc(=S)c(O)c(C(=O)NCCc2ccc(-c3ccccc3)cc2)o1.Cc1cc(=S)c(O)c(C(=O)NCc2ccc(C#Cc3ccccc3)cc2)o1.O=C(NCCc1ccc(-c2ccccc2)cc1)c1occc(=S)c1O.[C-]#[N+]c1ccc(-c2ccc(CN(Cc3cc(=O)c(O)co3)S(C)(=O)=O)nc2)cc1. The van der Waals surface area contributed by atoms with E-state index in [0.717, 1.165) is 108 Å². The van der Waals surface area contributed by atoms with Crippen molar-refractivity contribution in [1.29, 1.82) is 5.26 Å². The zero-order valence-electron chi connectivity index (χ0n) is 74.2. The van der Waals surface area contributed by atoms with Gasteiger partial charge in [0.1, 0.15) is 35.6 Å². The van der Waals surface area contributed by atoms with Gasteiger partial charge in [0.15, 0.2) is 34.4 Å². The minimum atomic E-state index is -3.61. The number of sulfonamides is 2. The molecule has 0 aliphatic heterocycles. The van der Waals surface area contributed by atoms with E-state index in [2.05, 4.69) is 92.2 Å². The molecule has 0 aliphatic carbocycles. The van der Waals surface area contributed by atoms with Crippen molar-refractivity contribution < 1.29 is 78.8 Å². The summed E-state index contributed by atoms with van der Waals surface area (Å²) in [5.41, 5.74) is 14.7. The number of pyridine rings is 1. The first kappa shape index (κ1) is 101. The molecule has 0 fully saturated rings. The number of nitrogens with zero attached hydrogens (tertiary/aromatic N) is 5. The van der Waals surface area contributed by atoms with Gasteiger partial charge in [-0.05, 0) is 161 Å². The molecule has 27 nitrogen and oxygen atoms in total. The number of amides is 3. The van der Waals surface area contributed by atoms with Crippen LogP contribution in [0, 0.1) is 57.1 Å². The van der Waals surface area contributed by atoms with Crippen molar-refractivity contribution in [2.24, 2.45) is 0 Å². The second kappa shape index (κ2) is 49.1. The normalized spacial score (nSPS) is 10.7. The number of nitrogens with one attached hydrogen (secondary N) is 3. The molecule has 694 valence electrons. The number of benzene rings is 9. The van der Waals surface area contributed by atoms with Gasteiger partial charge >= 0.3 is 0 Å². The van der Waals surface area contributed by atoms with Crippen molar-refractivity contribution in [2.75, 3.05) is 32.1 Å². The molecule has 6 heterocycles. The van der Waals surface area contributed by atoms with E-state index in [1.807, 2.05) is 170 Å². The molecule has 0 atom stereocenters. The second-order valence-corrected chi connectivity index (χ2v) is 35.8. The molecule has 9 aromatic carbocycles. The molecule has 15 rings (SSSR count). The lowest BCUT2D eigenvalue weighted by atomic mass is 10.0. The fourth-order valence-corrected chi connectivity index (χ4v) is 15.2. The number of nitriles is 1. The van der Waals surface area contributed by atoms with Crippen LogP contribution < -0.4 is 26.8 Å². The van der Waals surface area contributed by atoms with Crippen molar-refractivity contribution in [3.63, 3.8) is 0 Å². The molecule has 15 aromatic rings. The van der Waals surface area contributed by atoms with Crippen LogP contribution in [-0.2, 0) is 65.5 Å². The third-order valence-corrected chi connectivity index (χ3v) is 23.8. The standard InChI is InChI=1S/C22H20N2O5S.C22H17NO3S.C21H19NO3S.C20H17N3O5S.C20H17NO3S/c1-30(27,28)24(14-20-12-21(25)22(26)15-29-20)11-10-16-2-6-18(7-3-16)19-8-4-17(13-23)5-9-19;1-15-13-19(27)20(24)21(26-15)22(25)23-14-18-11-9-17(10-12-18)8-7-16-5-3-2-4-6-16;1-14-13-18(26)19(23)20(25-14)21(24)22-12-11-15-7-9-17(10-8-15)16-5-3-2-4-6-16;1-21-16-6-3-14(4-7-16)15-5-8-17(22-10-15)11-23(29(2,26)27)12-18-9-19(24)20(25)13-28-18;22-18-17(25)11-13-24-19(18)20(23)21-12-10-14-6-8-16(9-7-14)15-4-2-1-3-5-15/h2-9,12,15,26H,10-11,14H2,1H3;2-6,9-13,24H,14H2,1H3,(H,23,25);2-10,13,23H,11-12H2,1H3,(H,22,24);3-10,13,25H,11-12H2,2H3;1-9,11,13,22H,10,12H2,(H,21,23). The Morgan fingerprint density at radius 2 is 0.810 bits per heavy atom. The van der Waals surface area contributed by atoms with Gasteiger partial charge in [0.05, 0.1) is 75.8 Å². The minimum Gasteiger partial charge on any atom is -0.503 e. The topological polar surface area (TPSA) is 404 Å². The number of aromatic nitrogens is 1. The molecular weight excluding hydrogens is 1840 g/mol. The molecule has 0 bridgehead atoms. The summed E-state index contributed by atoms with van der Waals surface area (Å²) in [6, 6.07) is 88.3. The number of aryl methyl sites for hydroxylation is 2. The van der Waals surface area contributed by atoms with E-state index in [1.165, 1.54) is 39.9 Å². The molecule has 8 N–H and O–H groups in total. The Hall–Kier alpha value is -16.1. The number of hydrogen-bond acceptors (Lipinski definition) is 24. The fourth-order valence-electron chi connectivity index (χ4n) is 13.0. The van der Waals surface area contributed by atoms with Crippen LogP contribution in [0.1, 0.15) is 99.3 Å². The van der Waals surface area contributed by atoms with Crippen molar-refractivity contribution >= 4 is 80.1 Å². The third kappa shape index (κ3) is 30.7. The molecule has 0 radical (unpaired) electrons. The lowest BCUT2D eigenvalue weighted by Gasteiger charge is -2.19. The van der Waals surface area contributed by atoms with Crippen molar-refractivity contribution in [1.82, 2.24) is 29.5 Å². The van der Waals surface area contributed by atoms with Crippen LogP contribution in [-0.4, -0.2) is 106 Å². The summed E-state index contributed by atoms with van der Waals surface area (Å²) in [5, 5.41) is 65.2. The van der Waals surface area contributed by atoms with Gasteiger partial charge in [-0.25, -0.2) is 21.7 Å². The molecule has 0 saturated carbocycles. The molecule has 0 spiro atoms. The summed E-state index contributed by atoms with van der Waals surface area (Å²) in [6.45, 7) is 11.4. The zero-order valence-corrected chi connectivity index (χ0v) is 78.2. The third-order valence-electron chi connectivity index (χ3n) is 20.4. The number of aromatic hydroxyl groups is 5. The highest BCUT2D eigenvalue weighted by atomic mass is 32.2. The first-order valence-electron chi connectivity index (χ1n) is 42.1. The Morgan fingerprint density at radius 3 is 1.25 bits per heavy atom. The van der Waals surface area contributed by atoms with Gasteiger partial charge in [-0.3, -0.25) is 29.0 Å². The van der Waals surface area contributed by atoms with Gasteiger partial charge in [-0.15, -0.1) is 0 Å². The zero-order chi connectivity index (χ0) is 98.1. The Balaban J connectivity index is 0.000000165. The van der Waals surface area contributed by atoms with Crippen LogP contribution in [0.25, 0.3) is 49.4 Å². The highest BCUT2D eigenvalue weighted by Gasteiger charge is 2.24. The van der Waals surface area contributed by atoms with E-state index in [4.69, 9.17) is 70.6 Å². The molecular formula is C105H90N8O19S5. The maximum Gasteiger partial charge on any atom is 0.291 e. The van der Waals surface area contributed by atoms with Gasteiger partial charge in [0.25, 0.3) is 17.7 Å². The van der Waals surface area contributed by atoms with Gasteiger partial charge in [0.2, 0.25) is 48.2 Å². The second-order valence-electron chi connectivity index (χ2n) is 30.5. The predicted octanol–water partition coefficient (Wildman–Crippen LogP) is 19.2. The molecule has 0 saturated heterocycles. The number of carbonyl (C=O) groups excluding carboxylic acids is 3.